The Labute approximate surface area is 741 Å². The number of aromatic nitrogens is 9. The molecule has 0 aliphatic carbocycles. The van der Waals surface area contributed by atoms with Crippen molar-refractivity contribution in [1.29, 1.82) is 0 Å². The lowest BCUT2D eigenvalue weighted by atomic mass is 10.1. The van der Waals surface area contributed by atoms with Crippen LogP contribution in [0.25, 0.3) is 182 Å². The fourth-order valence-corrected chi connectivity index (χ4v) is 30.8. The summed E-state index contributed by atoms with van der Waals surface area (Å²) in [5.41, 5.74) is 17.9. The predicted molar refractivity (Wildman–Crippen MR) is 538 cm³/mol. The summed E-state index contributed by atoms with van der Waals surface area (Å²) in [5, 5.41) is 25.3. The van der Waals surface area contributed by atoms with Crippen LogP contribution in [0.15, 0.2) is 464 Å². The highest BCUT2D eigenvalue weighted by molar-refractivity contribution is 7.21. The predicted octanol–water partition coefficient (Wildman–Crippen LogP) is 23.0. The fraction of sp³-hybridized carbons (Fsp3) is 0. The van der Waals surface area contributed by atoms with E-state index in [0.717, 1.165) is 137 Å². The van der Waals surface area contributed by atoms with Crippen molar-refractivity contribution in [3.8, 4) is 29.0 Å². The van der Waals surface area contributed by atoms with E-state index < -0.39 is 16.1 Å². The molecule has 0 spiro atoms. The van der Waals surface area contributed by atoms with Crippen LogP contribution in [0.5, 0.6) is 0 Å². The molecular formula is C116H75N9O2Si2. The molecule has 0 radical (unpaired) electrons. The van der Waals surface area contributed by atoms with Gasteiger partial charge in [0.05, 0.1) is 55.2 Å². The van der Waals surface area contributed by atoms with Crippen molar-refractivity contribution >= 4 is 211 Å². The quantitative estimate of drug-likeness (QED) is 0.0842. The number of benzene rings is 18. The van der Waals surface area contributed by atoms with Gasteiger partial charge in [0.2, 0.25) is 28.0 Å². The van der Waals surface area contributed by atoms with Gasteiger partial charge in [-0.05, 0) is 140 Å². The molecule has 0 saturated carbocycles. The topological polar surface area (TPSA) is 102 Å². The Balaban J connectivity index is 0.000000139. The van der Waals surface area contributed by atoms with Gasteiger partial charge in [0, 0.05) is 115 Å². The van der Waals surface area contributed by atoms with E-state index in [1.807, 2.05) is 24.5 Å². The third kappa shape index (κ3) is 11.1. The summed E-state index contributed by atoms with van der Waals surface area (Å²) in [7, 11) is -6.48. The second-order valence-corrected chi connectivity index (χ2v) is 40.8. The molecule has 0 aliphatic heterocycles. The van der Waals surface area contributed by atoms with Crippen molar-refractivity contribution in [1.82, 2.24) is 42.8 Å². The summed E-state index contributed by atoms with van der Waals surface area (Å²) in [6, 6.07) is 159. The van der Waals surface area contributed by atoms with E-state index in [0.29, 0.717) is 11.9 Å². The summed E-state index contributed by atoms with van der Waals surface area (Å²) < 4.78 is 25.6. The maximum absolute atomic E-state index is 6.94. The van der Waals surface area contributed by atoms with Gasteiger partial charge in [-0.15, -0.1) is 0 Å². The first-order valence-electron chi connectivity index (χ1n) is 43.8. The fourth-order valence-electron chi connectivity index (χ4n) is 21.4. The maximum Gasteiger partial charge on any atom is 0.234 e. The molecule has 0 amide bonds. The van der Waals surface area contributed by atoms with Crippen LogP contribution < -0.4 is 41.8 Å². The van der Waals surface area contributed by atoms with Crippen LogP contribution in [0.1, 0.15) is 0 Å². The first-order valence-corrected chi connectivity index (χ1v) is 47.8. The lowest BCUT2D eigenvalue weighted by Crippen LogP contribution is -2.75. The minimum Gasteiger partial charge on any atom is -0.456 e. The van der Waals surface area contributed by atoms with Gasteiger partial charge in [0.15, 0.2) is 0 Å². The molecule has 0 saturated heterocycles. The third-order valence-corrected chi connectivity index (χ3v) is 36.1. The average Bonchev–Trinajstić information content (AvgIpc) is 1.39. The molecule has 129 heavy (non-hydrogen) atoms. The molecule has 9 aromatic heterocycles. The molecule has 13 heteroatoms. The minimum absolute atomic E-state index is 0.609. The Morgan fingerprint density at radius 3 is 0.876 bits per heavy atom. The highest BCUT2D eigenvalue weighted by Gasteiger charge is 2.48. The largest absolute Gasteiger partial charge is 0.456 e. The van der Waals surface area contributed by atoms with Gasteiger partial charge in [0.25, 0.3) is 0 Å². The van der Waals surface area contributed by atoms with E-state index in [1.165, 1.54) is 75.1 Å². The summed E-state index contributed by atoms with van der Waals surface area (Å²) >= 11 is 0. The molecular weight excluding hydrogens is 1610 g/mol. The second-order valence-electron chi connectivity index (χ2n) is 33.4. The SMILES string of the molecule is c1ccc(-n2c3ccccc3c3ccc4c5ccccc5n(-c5nccc([Si](c6ccccc6)(c6ccccc6)c6cccc7c6oc6ccccc67)n5)c4c32)cc1.c1ccc([Si](c2ccccc2)(c2ccnc(-n3c4ccc(-n5c6ccccc6c6ccccc65)cc4c4cc(-n5c6ccccc6c6ccccc65)ccc43)n2)c2cccc3c2oc2ccccc23)cc1. The van der Waals surface area contributed by atoms with Gasteiger partial charge in [-0.3, -0.25) is 9.13 Å². The van der Waals surface area contributed by atoms with Gasteiger partial charge in [0.1, 0.15) is 22.3 Å². The van der Waals surface area contributed by atoms with Crippen LogP contribution in [0.2, 0.25) is 0 Å². The minimum atomic E-state index is -3.27. The lowest BCUT2D eigenvalue weighted by Gasteiger charge is -2.33. The van der Waals surface area contributed by atoms with Crippen LogP contribution >= 0.6 is 0 Å². The van der Waals surface area contributed by atoms with Crippen LogP contribution in [0.3, 0.4) is 0 Å². The molecule has 0 N–H and O–H groups in total. The lowest BCUT2D eigenvalue weighted by molar-refractivity contribution is 0.671. The van der Waals surface area contributed by atoms with Crippen LogP contribution in [-0.4, -0.2) is 58.9 Å². The molecule has 9 heterocycles. The standard InChI is InChI=1S/C64H41N5OSi.C52H34N4OSi/c1-3-18-44(19-4-1)71(45-20-5-2-6-21-45,61-33-17-27-51-50-26-11-16-32-60(50)70-63(51)61)62-38-39-65-64(66-62)69-58-36-34-42(67-54-28-12-7-22-46(54)47-23-8-13-29-55(47)67)40-52(58)53-41-43(35-37-59(53)69)68-56-30-14-9-24-48(56)49-25-10-15-31-57(49)68;1-4-17-35(18-5-1)55-44-27-13-10-23-38(44)41-31-32-42-39-24-11-14-28-45(39)56(50(42)49(41)55)52-53-34-33-48(54-52)58(36-19-6-2-7-20-36,37-21-8-3-9-22-37)47-30-16-26-43-40-25-12-15-29-46(40)57-51(43)47/h1-41H;1-34H. The van der Waals surface area contributed by atoms with Crippen molar-refractivity contribution in [3.05, 3.63) is 455 Å². The zero-order valence-corrected chi connectivity index (χ0v) is 71.6. The highest BCUT2D eigenvalue weighted by atomic mass is 28.3. The first kappa shape index (κ1) is 73.7. The van der Waals surface area contributed by atoms with Gasteiger partial charge >= 0.3 is 0 Å². The van der Waals surface area contributed by atoms with Gasteiger partial charge < -0.3 is 22.5 Å². The number of para-hydroxylation sites is 11. The van der Waals surface area contributed by atoms with E-state index in [9.17, 15) is 0 Å². The highest BCUT2D eigenvalue weighted by Crippen LogP contribution is 2.44. The second kappa shape index (κ2) is 29.4. The summed E-state index contributed by atoms with van der Waals surface area (Å²) in [6.07, 6.45) is 3.91. The molecule has 0 fully saturated rings. The third-order valence-electron chi connectivity index (χ3n) is 26.8. The molecule has 0 atom stereocenters. The van der Waals surface area contributed by atoms with Gasteiger partial charge in [-0.25, -0.2) is 19.9 Å². The summed E-state index contributed by atoms with van der Waals surface area (Å²) in [5.74, 6) is 1.24. The number of nitrogens with zero attached hydrogens (tertiary/aromatic N) is 9. The molecule has 0 unspecified atom stereocenters. The zero-order valence-electron chi connectivity index (χ0n) is 69.6. The Hall–Kier alpha value is -16.8. The summed E-state index contributed by atoms with van der Waals surface area (Å²) in [6.45, 7) is 0. The monoisotopic (exact) mass is 1680 g/mol. The Kier molecular flexibility index (Phi) is 16.8. The average molecular weight is 1680 g/mol. The van der Waals surface area contributed by atoms with Crippen LogP contribution in [0.4, 0.5) is 0 Å². The zero-order chi connectivity index (χ0) is 84.8. The van der Waals surface area contributed by atoms with Crippen LogP contribution in [-0.2, 0) is 0 Å². The van der Waals surface area contributed by atoms with Crippen LogP contribution in [0, 0.1) is 0 Å². The molecule has 27 aromatic rings. The van der Waals surface area contributed by atoms with Crippen molar-refractivity contribution in [2.75, 3.05) is 0 Å². The van der Waals surface area contributed by atoms with Crippen molar-refractivity contribution in [2.45, 2.75) is 0 Å². The Bertz CT molecular complexity index is 8810. The van der Waals surface area contributed by atoms with Gasteiger partial charge in [-0.2, -0.15) is 0 Å². The molecule has 0 aliphatic rings. The van der Waals surface area contributed by atoms with Crippen molar-refractivity contribution in [3.63, 3.8) is 0 Å². The molecule has 604 valence electrons. The Morgan fingerprint density at radius 2 is 0.488 bits per heavy atom. The molecule has 0 bridgehead atoms. The van der Waals surface area contributed by atoms with E-state index in [1.54, 1.807) is 0 Å². The smallest absolute Gasteiger partial charge is 0.234 e. The molecule has 18 aromatic carbocycles. The Morgan fingerprint density at radius 1 is 0.194 bits per heavy atom. The normalized spacial score (nSPS) is 12.2. The first-order chi connectivity index (χ1) is 64.0. The van der Waals surface area contributed by atoms with E-state index in [-0.39, 0.29) is 0 Å². The van der Waals surface area contributed by atoms with Crippen molar-refractivity contribution in [2.24, 2.45) is 0 Å². The molecule has 11 nitrogen and oxygen atoms in total. The summed E-state index contributed by atoms with van der Waals surface area (Å²) in [4.78, 5) is 22.1. The molecule has 27 rings (SSSR count). The van der Waals surface area contributed by atoms with Gasteiger partial charge in [-0.1, -0.05) is 334 Å². The van der Waals surface area contributed by atoms with E-state index in [4.69, 9.17) is 28.8 Å². The number of furan rings is 2. The van der Waals surface area contributed by atoms with E-state index >= 15 is 0 Å². The maximum atomic E-state index is 6.94. The van der Waals surface area contributed by atoms with Crippen molar-refractivity contribution < 1.29 is 8.83 Å². The number of fused-ring (bicyclic) bond motifs is 22. The van der Waals surface area contributed by atoms with E-state index in [2.05, 4.69) is 454 Å². The number of hydrogen-bond acceptors (Lipinski definition) is 6. The number of hydrogen-bond donors (Lipinski definition) is 0. The number of rotatable bonds is 13.